The molecule has 54 heavy (non-hydrogen) atoms. The van der Waals surface area contributed by atoms with Crippen molar-refractivity contribution in [3.8, 4) is 50.6 Å². The molecule has 2 aromatic heterocycles. The number of aromatic nitrogens is 1. The highest BCUT2D eigenvalue weighted by Gasteiger charge is 2.21. The van der Waals surface area contributed by atoms with Crippen molar-refractivity contribution in [3.63, 3.8) is 0 Å². The van der Waals surface area contributed by atoms with Crippen molar-refractivity contribution < 1.29 is 18.3 Å². The van der Waals surface area contributed by atoms with Crippen LogP contribution in [0.1, 0.15) is 31.9 Å². The van der Waals surface area contributed by atoms with E-state index < -0.39 is 0 Å². The van der Waals surface area contributed by atoms with Crippen LogP contribution in [-0.4, -0.2) is 16.3 Å². The van der Waals surface area contributed by atoms with E-state index in [-0.39, 0.29) is 17.0 Å². The van der Waals surface area contributed by atoms with Gasteiger partial charge < -0.3 is 13.9 Å². The molecule has 0 unspecified atom stereocenters. The Morgan fingerprint density at radius 2 is 1.28 bits per heavy atom. The van der Waals surface area contributed by atoms with Gasteiger partial charge in [0.05, 0.1) is 11.3 Å². The molecular weight excluding hydrogens is 672 g/mol. The van der Waals surface area contributed by atoms with Gasteiger partial charge in [0.25, 0.3) is 0 Å². The summed E-state index contributed by atoms with van der Waals surface area (Å²) in [7, 11) is 0. The number of oxazole rings is 1. The first kappa shape index (κ1) is 33.1. The summed E-state index contributed by atoms with van der Waals surface area (Å²) in [5, 5.41) is 12.7. The Morgan fingerprint density at radius 1 is 0.611 bits per heavy atom. The summed E-state index contributed by atoms with van der Waals surface area (Å²) < 4.78 is 26.8. The lowest BCUT2D eigenvalue weighted by molar-refractivity contribution is 0.473. The van der Waals surface area contributed by atoms with Crippen molar-refractivity contribution in [2.45, 2.75) is 26.2 Å². The van der Waals surface area contributed by atoms with Crippen molar-refractivity contribution in [2.75, 3.05) is 0 Å². The molecule has 2 heterocycles. The SMILES string of the molecule is CC(C)(C)c1ccc(O)c(C=Nc2ccccc2-c2nc3c(-c4cccc5c4oc4ccccc45)cc(-c4ccc(-c5ccc(F)cc5)cc4)cc3o2)c1. The highest BCUT2D eigenvalue weighted by atomic mass is 19.1. The van der Waals surface area contributed by atoms with E-state index in [0.717, 1.165) is 66.4 Å². The number of aromatic hydroxyl groups is 1. The molecule has 0 amide bonds. The average molecular weight is 707 g/mol. The molecule has 0 radical (unpaired) electrons. The van der Waals surface area contributed by atoms with Gasteiger partial charge in [0.2, 0.25) is 5.89 Å². The van der Waals surface area contributed by atoms with Crippen molar-refractivity contribution in [3.05, 3.63) is 163 Å². The van der Waals surface area contributed by atoms with Crippen LogP contribution in [0.15, 0.2) is 159 Å². The van der Waals surface area contributed by atoms with E-state index in [1.807, 2.05) is 78.9 Å². The lowest BCUT2D eigenvalue weighted by Gasteiger charge is -2.19. The smallest absolute Gasteiger partial charge is 0.229 e. The van der Waals surface area contributed by atoms with Crippen LogP contribution in [0.3, 0.4) is 0 Å². The first-order valence-electron chi connectivity index (χ1n) is 17.9. The Morgan fingerprint density at radius 3 is 2.06 bits per heavy atom. The van der Waals surface area contributed by atoms with Crippen LogP contribution < -0.4 is 0 Å². The van der Waals surface area contributed by atoms with Crippen LogP contribution in [0.25, 0.3) is 77.9 Å². The van der Waals surface area contributed by atoms with Gasteiger partial charge in [-0.1, -0.05) is 112 Å². The zero-order chi connectivity index (χ0) is 37.0. The Kier molecular flexibility index (Phi) is 7.97. The van der Waals surface area contributed by atoms with Crippen molar-refractivity contribution in [2.24, 2.45) is 4.99 Å². The number of aliphatic imine (C=N–C) groups is 1. The predicted octanol–water partition coefficient (Wildman–Crippen LogP) is 13.3. The monoisotopic (exact) mass is 706 g/mol. The largest absolute Gasteiger partial charge is 0.507 e. The molecule has 9 rings (SSSR count). The van der Waals surface area contributed by atoms with Crippen LogP contribution in [0.2, 0.25) is 0 Å². The lowest BCUT2D eigenvalue weighted by atomic mass is 9.86. The summed E-state index contributed by atoms with van der Waals surface area (Å²) in [5.74, 6) is 0.322. The summed E-state index contributed by atoms with van der Waals surface area (Å²) in [6.45, 7) is 6.42. The van der Waals surface area contributed by atoms with Gasteiger partial charge in [-0.05, 0) is 87.8 Å². The summed E-state index contributed by atoms with van der Waals surface area (Å²) in [6.07, 6.45) is 1.69. The summed E-state index contributed by atoms with van der Waals surface area (Å²) in [5.41, 5.74) is 11.5. The van der Waals surface area contributed by atoms with Crippen LogP contribution in [0, 0.1) is 5.82 Å². The molecule has 0 spiro atoms. The summed E-state index contributed by atoms with van der Waals surface area (Å²) in [6, 6.07) is 46.5. The third kappa shape index (κ3) is 6.01. The highest BCUT2D eigenvalue weighted by molar-refractivity contribution is 6.12. The second-order valence-electron chi connectivity index (χ2n) is 14.6. The zero-order valence-corrected chi connectivity index (χ0v) is 30.0. The number of phenolic OH excluding ortho intramolecular Hbond substituents is 1. The molecule has 9 aromatic rings. The minimum atomic E-state index is -0.262. The van der Waals surface area contributed by atoms with E-state index in [1.54, 1.807) is 24.4 Å². The minimum Gasteiger partial charge on any atom is -0.507 e. The summed E-state index contributed by atoms with van der Waals surface area (Å²) in [4.78, 5) is 9.97. The third-order valence-electron chi connectivity index (χ3n) is 9.96. The quantitative estimate of drug-likeness (QED) is 0.175. The first-order valence-corrected chi connectivity index (χ1v) is 17.9. The maximum Gasteiger partial charge on any atom is 0.229 e. The summed E-state index contributed by atoms with van der Waals surface area (Å²) >= 11 is 0. The molecule has 7 aromatic carbocycles. The Labute approximate surface area is 311 Å². The number of phenols is 1. The maximum absolute atomic E-state index is 13.6. The van der Waals surface area contributed by atoms with Crippen LogP contribution in [0.5, 0.6) is 5.75 Å². The van der Waals surface area contributed by atoms with E-state index in [0.29, 0.717) is 28.2 Å². The zero-order valence-electron chi connectivity index (χ0n) is 30.0. The van der Waals surface area contributed by atoms with Crippen molar-refractivity contribution >= 4 is 44.9 Å². The average Bonchev–Trinajstić information content (AvgIpc) is 3.79. The van der Waals surface area contributed by atoms with Gasteiger partial charge in [-0.25, -0.2) is 9.37 Å². The van der Waals surface area contributed by atoms with Crippen molar-refractivity contribution in [1.29, 1.82) is 0 Å². The topological polar surface area (TPSA) is 71.8 Å². The predicted molar refractivity (Wildman–Crippen MR) is 217 cm³/mol. The van der Waals surface area contributed by atoms with Crippen molar-refractivity contribution in [1.82, 2.24) is 4.98 Å². The highest BCUT2D eigenvalue weighted by Crippen LogP contribution is 2.42. The molecule has 0 aliphatic rings. The second kappa shape index (κ2) is 13.0. The fourth-order valence-corrected chi connectivity index (χ4v) is 7.00. The number of rotatable bonds is 6. The fraction of sp³-hybridized carbons (Fsp3) is 0.0833. The Balaban J connectivity index is 1.20. The maximum atomic E-state index is 13.6. The van der Waals surface area contributed by atoms with Gasteiger partial charge >= 0.3 is 0 Å². The molecule has 0 fully saturated rings. The molecule has 6 heteroatoms. The van der Waals surface area contributed by atoms with E-state index in [4.69, 9.17) is 18.8 Å². The molecule has 262 valence electrons. The molecule has 5 nitrogen and oxygen atoms in total. The lowest BCUT2D eigenvalue weighted by Crippen LogP contribution is -2.11. The van der Waals surface area contributed by atoms with Gasteiger partial charge in [-0.2, -0.15) is 0 Å². The third-order valence-corrected chi connectivity index (χ3v) is 9.96. The molecule has 0 bridgehead atoms. The van der Waals surface area contributed by atoms with Gasteiger partial charge in [-0.15, -0.1) is 0 Å². The molecule has 0 saturated carbocycles. The Bertz CT molecular complexity index is 2880. The normalized spacial score (nSPS) is 12.1. The molecule has 0 aliphatic heterocycles. The number of furan rings is 1. The van der Waals surface area contributed by atoms with Crippen LogP contribution in [-0.2, 0) is 5.41 Å². The standard InChI is InChI=1S/C48H35FN2O3/c1-48(2,3)34-21-24-42(52)33(25-34)28-50-41-13-6-4-10-39(41)47-51-45-40(38-12-8-11-37-36-9-5-7-14-43(36)53-46(37)38)26-32(27-44(45)54-47)31-17-15-29(16-18-31)30-19-22-35(49)23-20-30/h4-28,52H,1-3H3. The first-order chi connectivity index (χ1) is 26.2. The number of para-hydroxylation sites is 3. The van der Waals surface area contributed by atoms with E-state index in [1.165, 1.54) is 12.1 Å². The van der Waals surface area contributed by atoms with Gasteiger partial charge in [-0.3, -0.25) is 4.99 Å². The fourth-order valence-electron chi connectivity index (χ4n) is 7.00. The molecule has 1 N–H and O–H groups in total. The van der Waals surface area contributed by atoms with Gasteiger partial charge in [0.1, 0.15) is 28.2 Å². The molecular formula is C48H35FN2O3. The Hall–Kier alpha value is -6.79. The number of fused-ring (bicyclic) bond motifs is 4. The number of halogens is 1. The van der Waals surface area contributed by atoms with E-state index in [9.17, 15) is 9.50 Å². The van der Waals surface area contributed by atoms with Gasteiger partial charge in [0, 0.05) is 33.7 Å². The molecule has 0 atom stereocenters. The number of nitrogens with zero attached hydrogens (tertiary/aromatic N) is 2. The van der Waals surface area contributed by atoms with E-state index in [2.05, 4.69) is 57.2 Å². The van der Waals surface area contributed by atoms with E-state index >= 15 is 0 Å². The van der Waals surface area contributed by atoms with Crippen LogP contribution >= 0.6 is 0 Å². The molecule has 0 saturated heterocycles. The van der Waals surface area contributed by atoms with Gasteiger partial charge in [0.15, 0.2) is 5.58 Å². The number of benzene rings is 7. The molecule has 0 aliphatic carbocycles. The number of hydrogen-bond donors (Lipinski definition) is 1. The van der Waals surface area contributed by atoms with Crippen LogP contribution in [0.4, 0.5) is 10.1 Å². The number of hydrogen-bond acceptors (Lipinski definition) is 5. The minimum absolute atomic E-state index is 0.0830. The second-order valence-corrected chi connectivity index (χ2v) is 14.6.